The van der Waals surface area contributed by atoms with Gasteiger partial charge in [-0.1, -0.05) is 6.07 Å². The van der Waals surface area contributed by atoms with Crippen LogP contribution in [0.2, 0.25) is 0 Å². The van der Waals surface area contributed by atoms with Crippen molar-refractivity contribution in [1.29, 1.82) is 0 Å². The molecule has 2 rings (SSSR count). The van der Waals surface area contributed by atoms with Crippen LogP contribution in [0.4, 0.5) is 0 Å². The molecular weight excluding hydrogens is 272 g/mol. The molecule has 15 heavy (non-hydrogen) atoms. The molecule has 2 nitrogen and oxygen atoms in total. The van der Waals surface area contributed by atoms with Crippen LogP contribution in [0, 0.1) is 0 Å². The molecule has 2 aromatic rings. The molecule has 2 heterocycles. The van der Waals surface area contributed by atoms with E-state index >= 15 is 0 Å². The quantitative estimate of drug-likeness (QED) is 0.932. The number of nitrogens with zero attached hydrogens (tertiary/aromatic N) is 1. The van der Waals surface area contributed by atoms with Gasteiger partial charge in [-0.2, -0.15) is 0 Å². The summed E-state index contributed by atoms with van der Waals surface area (Å²) in [5.74, 6) is 0. The summed E-state index contributed by atoms with van der Waals surface area (Å²) in [5, 5.41) is 5.48. The summed E-state index contributed by atoms with van der Waals surface area (Å²) >= 11 is 5.18. The summed E-state index contributed by atoms with van der Waals surface area (Å²) < 4.78 is 1.03. The molecule has 78 valence electrons. The Bertz CT molecular complexity index is 414. The Balaban J connectivity index is 1.83. The predicted octanol–water partition coefficient (Wildman–Crippen LogP) is 3.20. The van der Waals surface area contributed by atoms with Crippen molar-refractivity contribution in [2.75, 3.05) is 0 Å². The summed E-state index contributed by atoms with van der Waals surface area (Å²) in [6.07, 6.45) is 3.68. The van der Waals surface area contributed by atoms with Gasteiger partial charge >= 0.3 is 0 Å². The zero-order valence-corrected chi connectivity index (χ0v) is 10.5. The van der Waals surface area contributed by atoms with E-state index in [0.29, 0.717) is 0 Å². The number of halogens is 1. The summed E-state index contributed by atoms with van der Waals surface area (Å²) in [7, 11) is 0. The van der Waals surface area contributed by atoms with Gasteiger partial charge in [0.2, 0.25) is 0 Å². The van der Waals surface area contributed by atoms with Crippen LogP contribution < -0.4 is 5.32 Å². The normalized spacial score (nSPS) is 10.5. The van der Waals surface area contributed by atoms with E-state index in [-0.39, 0.29) is 0 Å². The topological polar surface area (TPSA) is 24.9 Å². The van der Waals surface area contributed by atoms with E-state index in [1.54, 1.807) is 17.5 Å². The number of pyridine rings is 1. The number of thiophene rings is 1. The number of nitrogens with one attached hydrogen (secondary N) is 1. The second-order valence-corrected chi connectivity index (χ2v) is 5.14. The third-order valence-electron chi connectivity index (χ3n) is 1.97. The van der Waals surface area contributed by atoms with Crippen molar-refractivity contribution in [2.24, 2.45) is 0 Å². The van der Waals surface area contributed by atoms with E-state index in [9.17, 15) is 0 Å². The molecule has 0 saturated carbocycles. The maximum Gasteiger partial charge on any atom is 0.0410 e. The van der Waals surface area contributed by atoms with Crippen molar-refractivity contribution in [3.8, 4) is 0 Å². The van der Waals surface area contributed by atoms with Gasteiger partial charge in [-0.25, -0.2) is 0 Å². The molecule has 4 heteroatoms. The van der Waals surface area contributed by atoms with E-state index in [0.717, 1.165) is 17.6 Å². The third kappa shape index (κ3) is 3.41. The van der Waals surface area contributed by atoms with Gasteiger partial charge < -0.3 is 5.32 Å². The molecule has 0 unspecified atom stereocenters. The second-order valence-electron chi connectivity index (χ2n) is 3.19. The largest absolute Gasteiger partial charge is 0.308 e. The molecule has 2 aromatic heterocycles. The molecular formula is C11H11BrN2S. The highest BCUT2D eigenvalue weighted by Gasteiger charge is 1.96. The van der Waals surface area contributed by atoms with Crippen LogP contribution in [0.3, 0.4) is 0 Å². The van der Waals surface area contributed by atoms with E-state index in [2.05, 4.69) is 49.8 Å². The van der Waals surface area contributed by atoms with Crippen molar-refractivity contribution in [3.63, 3.8) is 0 Å². The van der Waals surface area contributed by atoms with Crippen LogP contribution in [0.5, 0.6) is 0 Å². The van der Waals surface area contributed by atoms with E-state index in [4.69, 9.17) is 0 Å². The molecule has 0 saturated heterocycles. The van der Waals surface area contributed by atoms with E-state index in [1.807, 2.05) is 6.20 Å². The van der Waals surface area contributed by atoms with Crippen LogP contribution in [0.1, 0.15) is 10.4 Å². The van der Waals surface area contributed by atoms with Crippen LogP contribution in [0.25, 0.3) is 0 Å². The Kier molecular flexibility index (Phi) is 3.88. The lowest BCUT2D eigenvalue weighted by atomic mass is 10.3. The van der Waals surface area contributed by atoms with Gasteiger partial charge in [-0.05, 0) is 39.0 Å². The highest BCUT2D eigenvalue weighted by molar-refractivity contribution is 9.10. The third-order valence-corrected chi connectivity index (χ3v) is 3.28. The van der Waals surface area contributed by atoms with E-state index in [1.165, 1.54) is 10.4 Å². The maximum atomic E-state index is 4.12. The summed E-state index contributed by atoms with van der Waals surface area (Å²) in [5.41, 5.74) is 1.20. The lowest BCUT2D eigenvalue weighted by Crippen LogP contribution is -2.11. The standard InChI is InChI=1S/C11H11BrN2S/c12-10-4-9(5-13-7-10)6-14-8-11-2-1-3-15-11/h1-5,7,14H,6,8H2. The maximum absolute atomic E-state index is 4.12. The second kappa shape index (κ2) is 5.39. The molecule has 0 aliphatic carbocycles. The van der Waals surface area contributed by atoms with Gasteiger partial charge in [0.05, 0.1) is 0 Å². The van der Waals surface area contributed by atoms with Gasteiger partial charge in [0.25, 0.3) is 0 Å². The van der Waals surface area contributed by atoms with Crippen LogP contribution in [0.15, 0.2) is 40.4 Å². The fourth-order valence-corrected chi connectivity index (χ4v) is 2.38. The van der Waals surface area contributed by atoms with Gasteiger partial charge in [-0.15, -0.1) is 11.3 Å². The Hall–Kier alpha value is -0.710. The van der Waals surface area contributed by atoms with Crippen molar-refractivity contribution < 1.29 is 0 Å². The Morgan fingerprint density at radius 2 is 2.27 bits per heavy atom. The fourth-order valence-electron chi connectivity index (χ4n) is 1.30. The average molecular weight is 283 g/mol. The number of rotatable bonds is 4. The minimum absolute atomic E-state index is 0.852. The summed E-state index contributed by atoms with van der Waals surface area (Å²) in [6, 6.07) is 6.29. The Labute approximate surface area is 101 Å². The molecule has 0 atom stereocenters. The van der Waals surface area contributed by atoms with Crippen LogP contribution >= 0.6 is 27.3 Å². The van der Waals surface area contributed by atoms with Crippen molar-refractivity contribution >= 4 is 27.3 Å². The van der Waals surface area contributed by atoms with Gasteiger partial charge in [-0.3, -0.25) is 4.98 Å². The first-order valence-corrected chi connectivity index (χ1v) is 6.34. The smallest absolute Gasteiger partial charge is 0.0410 e. The monoisotopic (exact) mass is 282 g/mol. The molecule has 0 spiro atoms. The first kappa shape index (κ1) is 10.8. The van der Waals surface area contributed by atoms with Gasteiger partial charge in [0, 0.05) is 34.8 Å². The first-order chi connectivity index (χ1) is 7.34. The zero-order valence-electron chi connectivity index (χ0n) is 8.11. The molecule has 0 fully saturated rings. The van der Waals surface area contributed by atoms with Crippen LogP contribution in [-0.2, 0) is 13.1 Å². The fraction of sp³-hybridized carbons (Fsp3) is 0.182. The Morgan fingerprint density at radius 3 is 3.00 bits per heavy atom. The van der Waals surface area contributed by atoms with E-state index < -0.39 is 0 Å². The molecule has 0 radical (unpaired) electrons. The Morgan fingerprint density at radius 1 is 1.33 bits per heavy atom. The van der Waals surface area contributed by atoms with Crippen molar-refractivity contribution in [3.05, 3.63) is 50.9 Å². The van der Waals surface area contributed by atoms with Crippen molar-refractivity contribution in [1.82, 2.24) is 10.3 Å². The SMILES string of the molecule is Brc1cncc(CNCc2cccs2)c1. The van der Waals surface area contributed by atoms with Crippen molar-refractivity contribution in [2.45, 2.75) is 13.1 Å². The first-order valence-electron chi connectivity index (χ1n) is 4.67. The molecule has 0 bridgehead atoms. The highest BCUT2D eigenvalue weighted by atomic mass is 79.9. The number of hydrogen-bond donors (Lipinski definition) is 1. The minimum Gasteiger partial charge on any atom is -0.308 e. The molecule has 0 aromatic carbocycles. The number of hydrogen-bond acceptors (Lipinski definition) is 3. The van der Waals surface area contributed by atoms with Gasteiger partial charge in [0.15, 0.2) is 0 Å². The summed E-state index contributed by atoms with van der Waals surface area (Å²) in [4.78, 5) is 5.47. The zero-order chi connectivity index (χ0) is 10.5. The predicted molar refractivity (Wildman–Crippen MR) is 66.8 cm³/mol. The summed E-state index contributed by atoms with van der Waals surface area (Å²) in [6.45, 7) is 1.77. The molecule has 0 amide bonds. The molecule has 0 aliphatic heterocycles. The number of aromatic nitrogens is 1. The minimum atomic E-state index is 0.852. The lowest BCUT2D eigenvalue weighted by molar-refractivity contribution is 0.698. The van der Waals surface area contributed by atoms with Gasteiger partial charge in [0.1, 0.15) is 0 Å². The lowest BCUT2D eigenvalue weighted by Gasteiger charge is -2.03. The van der Waals surface area contributed by atoms with Crippen LogP contribution in [-0.4, -0.2) is 4.98 Å². The highest BCUT2D eigenvalue weighted by Crippen LogP contribution is 2.10. The average Bonchev–Trinajstić information content (AvgIpc) is 2.71. The molecule has 0 aliphatic rings. The molecule has 1 N–H and O–H groups in total.